The van der Waals surface area contributed by atoms with Crippen molar-refractivity contribution in [1.82, 2.24) is 0 Å². The van der Waals surface area contributed by atoms with Crippen LogP contribution in [-0.4, -0.2) is 16.6 Å². The summed E-state index contributed by atoms with van der Waals surface area (Å²) in [7, 11) is 0. The Balaban J connectivity index is 2.29. The van der Waals surface area contributed by atoms with Crippen LogP contribution in [0, 0.1) is 15.9 Å². The predicted molar refractivity (Wildman–Crippen MR) is 83.0 cm³/mol. The Morgan fingerprint density at radius 3 is 2.48 bits per heavy atom. The van der Waals surface area contributed by atoms with Gasteiger partial charge >= 0.3 is 6.18 Å². The Bertz CT molecular complexity index is 799. The molecule has 2 N–H and O–H groups in total. The SMILES string of the molecule is O=[N+]([O-])c1cc(C(F)(F)F)c(Cl)cc1NCC(O)c1ccccc1F. The molecule has 0 radical (unpaired) electrons. The minimum absolute atomic E-state index is 0.0596. The van der Waals surface area contributed by atoms with Gasteiger partial charge in [0.2, 0.25) is 0 Å². The van der Waals surface area contributed by atoms with Gasteiger partial charge in [-0.05, 0) is 12.1 Å². The molecule has 1 atom stereocenters. The summed E-state index contributed by atoms with van der Waals surface area (Å²) in [5, 5.41) is 22.7. The van der Waals surface area contributed by atoms with Gasteiger partial charge < -0.3 is 10.4 Å². The van der Waals surface area contributed by atoms with Crippen LogP contribution in [0.2, 0.25) is 5.02 Å². The van der Waals surface area contributed by atoms with E-state index in [2.05, 4.69) is 5.32 Å². The molecular formula is C15H11ClF4N2O3. The molecule has 0 heterocycles. The highest BCUT2D eigenvalue weighted by Crippen LogP contribution is 2.40. The Kier molecular flexibility index (Phi) is 5.48. The molecule has 2 aromatic carbocycles. The van der Waals surface area contributed by atoms with E-state index in [9.17, 15) is 32.8 Å². The molecule has 25 heavy (non-hydrogen) atoms. The average Bonchev–Trinajstić information content (AvgIpc) is 2.51. The lowest BCUT2D eigenvalue weighted by Crippen LogP contribution is -2.15. The molecule has 0 amide bonds. The van der Waals surface area contributed by atoms with Gasteiger partial charge in [0.1, 0.15) is 11.5 Å². The quantitative estimate of drug-likeness (QED) is 0.454. The van der Waals surface area contributed by atoms with Crippen LogP contribution in [0.5, 0.6) is 0 Å². The summed E-state index contributed by atoms with van der Waals surface area (Å²) in [6.07, 6.45) is -6.23. The van der Waals surface area contributed by atoms with Crippen molar-refractivity contribution in [2.45, 2.75) is 12.3 Å². The summed E-state index contributed by atoms with van der Waals surface area (Å²) < 4.78 is 52.0. The van der Waals surface area contributed by atoms with Crippen molar-refractivity contribution in [3.05, 3.63) is 68.5 Å². The number of anilines is 1. The van der Waals surface area contributed by atoms with Gasteiger partial charge in [-0.25, -0.2) is 4.39 Å². The van der Waals surface area contributed by atoms with E-state index in [-0.39, 0.29) is 17.8 Å². The number of hydrogen-bond donors (Lipinski definition) is 2. The van der Waals surface area contributed by atoms with Crippen molar-refractivity contribution in [1.29, 1.82) is 0 Å². The lowest BCUT2D eigenvalue weighted by atomic mass is 10.1. The van der Waals surface area contributed by atoms with E-state index in [0.717, 1.165) is 12.1 Å². The molecular weight excluding hydrogens is 368 g/mol. The van der Waals surface area contributed by atoms with E-state index in [4.69, 9.17) is 11.6 Å². The molecule has 10 heteroatoms. The average molecular weight is 379 g/mol. The maximum Gasteiger partial charge on any atom is 0.418 e. The first kappa shape index (κ1) is 18.9. The van der Waals surface area contributed by atoms with Gasteiger partial charge in [0.25, 0.3) is 5.69 Å². The number of halogens is 5. The second-order valence-corrected chi connectivity index (χ2v) is 5.43. The number of rotatable bonds is 5. The van der Waals surface area contributed by atoms with Gasteiger partial charge in [0.05, 0.1) is 21.6 Å². The van der Waals surface area contributed by atoms with E-state index in [1.54, 1.807) is 0 Å². The van der Waals surface area contributed by atoms with E-state index >= 15 is 0 Å². The van der Waals surface area contributed by atoms with Crippen molar-refractivity contribution in [2.75, 3.05) is 11.9 Å². The highest BCUT2D eigenvalue weighted by atomic mass is 35.5. The number of aliphatic hydroxyl groups is 1. The molecule has 0 aliphatic rings. The molecule has 0 saturated carbocycles. The van der Waals surface area contributed by atoms with Crippen LogP contribution in [0.1, 0.15) is 17.2 Å². The fourth-order valence-electron chi connectivity index (χ4n) is 2.13. The second kappa shape index (κ2) is 7.24. The fourth-order valence-corrected chi connectivity index (χ4v) is 2.40. The topological polar surface area (TPSA) is 75.4 Å². The smallest absolute Gasteiger partial charge is 0.386 e. The van der Waals surface area contributed by atoms with E-state index in [0.29, 0.717) is 6.07 Å². The van der Waals surface area contributed by atoms with Crippen molar-refractivity contribution >= 4 is 23.0 Å². The number of nitrogens with zero attached hydrogens (tertiary/aromatic N) is 1. The van der Waals surface area contributed by atoms with E-state index in [1.165, 1.54) is 18.2 Å². The predicted octanol–water partition coefficient (Wildman–Crippen LogP) is 4.55. The Morgan fingerprint density at radius 1 is 1.28 bits per heavy atom. The maximum absolute atomic E-state index is 13.6. The van der Waals surface area contributed by atoms with E-state index < -0.39 is 39.3 Å². The van der Waals surface area contributed by atoms with Gasteiger partial charge in [-0.1, -0.05) is 29.8 Å². The first-order valence-corrected chi connectivity index (χ1v) is 7.20. The first-order chi connectivity index (χ1) is 11.6. The molecule has 134 valence electrons. The molecule has 2 aromatic rings. The number of alkyl halides is 3. The molecule has 0 saturated heterocycles. The van der Waals surface area contributed by atoms with Crippen LogP contribution in [0.3, 0.4) is 0 Å². The summed E-state index contributed by atoms with van der Waals surface area (Å²) in [5.74, 6) is -0.684. The van der Waals surface area contributed by atoms with Crippen LogP contribution in [0.15, 0.2) is 36.4 Å². The molecule has 1 unspecified atom stereocenters. The summed E-state index contributed by atoms with van der Waals surface area (Å²) in [5.41, 5.74) is -2.59. The second-order valence-electron chi connectivity index (χ2n) is 5.02. The number of aliphatic hydroxyl groups excluding tert-OH is 1. The van der Waals surface area contributed by atoms with Crippen LogP contribution in [-0.2, 0) is 6.18 Å². The third-order valence-corrected chi connectivity index (χ3v) is 3.65. The summed E-state index contributed by atoms with van der Waals surface area (Å²) in [6.45, 7) is -0.372. The lowest BCUT2D eigenvalue weighted by Gasteiger charge is -2.15. The number of benzene rings is 2. The molecule has 0 fully saturated rings. The number of nitrogens with one attached hydrogen (secondary N) is 1. The molecule has 2 rings (SSSR count). The van der Waals surface area contributed by atoms with E-state index in [1.807, 2.05) is 0 Å². The van der Waals surface area contributed by atoms with Crippen LogP contribution >= 0.6 is 11.6 Å². The molecule has 0 aliphatic heterocycles. The minimum atomic E-state index is -4.85. The third kappa shape index (κ3) is 4.37. The summed E-state index contributed by atoms with van der Waals surface area (Å²) >= 11 is 5.54. The molecule has 0 aliphatic carbocycles. The largest absolute Gasteiger partial charge is 0.418 e. The van der Waals surface area contributed by atoms with Gasteiger partial charge in [0, 0.05) is 18.2 Å². The lowest BCUT2D eigenvalue weighted by molar-refractivity contribution is -0.384. The van der Waals surface area contributed by atoms with Gasteiger partial charge in [0.15, 0.2) is 0 Å². The van der Waals surface area contributed by atoms with Crippen molar-refractivity contribution in [2.24, 2.45) is 0 Å². The number of nitro benzene ring substituents is 1. The van der Waals surface area contributed by atoms with Crippen LogP contribution < -0.4 is 5.32 Å². The highest BCUT2D eigenvalue weighted by molar-refractivity contribution is 6.31. The van der Waals surface area contributed by atoms with Gasteiger partial charge in [-0.2, -0.15) is 13.2 Å². The zero-order chi connectivity index (χ0) is 18.8. The molecule has 0 bridgehead atoms. The van der Waals surface area contributed by atoms with Crippen molar-refractivity contribution in [3.8, 4) is 0 Å². The fraction of sp³-hybridized carbons (Fsp3) is 0.200. The van der Waals surface area contributed by atoms with Crippen molar-refractivity contribution in [3.63, 3.8) is 0 Å². The monoisotopic (exact) mass is 378 g/mol. The van der Waals surface area contributed by atoms with Crippen LogP contribution in [0.4, 0.5) is 28.9 Å². The highest BCUT2D eigenvalue weighted by Gasteiger charge is 2.36. The Morgan fingerprint density at radius 2 is 1.92 bits per heavy atom. The number of nitro groups is 1. The third-order valence-electron chi connectivity index (χ3n) is 3.34. The standard InChI is InChI=1S/C15H11ClF4N2O3/c16-10-6-12(13(22(24)25)5-9(10)15(18,19)20)21-7-14(23)8-3-1-2-4-11(8)17/h1-6,14,21,23H,7H2. The Labute approximate surface area is 144 Å². The maximum atomic E-state index is 13.6. The van der Waals surface area contributed by atoms with Gasteiger partial charge in [-0.3, -0.25) is 10.1 Å². The van der Waals surface area contributed by atoms with Gasteiger partial charge in [-0.15, -0.1) is 0 Å². The zero-order valence-corrected chi connectivity index (χ0v) is 13.1. The summed E-state index contributed by atoms with van der Waals surface area (Å²) in [4.78, 5) is 10.0. The molecule has 5 nitrogen and oxygen atoms in total. The first-order valence-electron chi connectivity index (χ1n) is 6.82. The number of hydrogen-bond acceptors (Lipinski definition) is 4. The molecule has 0 aromatic heterocycles. The zero-order valence-electron chi connectivity index (χ0n) is 12.3. The van der Waals surface area contributed by atoms with Crippen LogP contribution in [0.25, 0.3) is 0 Å². The Hall–Kier alpha value is -2.39. The normalized spacial score (nSPS) is 12.7. The van der Waals surface area contributed by atoms with Crippen molar-refractivity contribution < 1.29 is 27.6 Å². The molecule has 0 spiro atoms. The minimum Gasteiger partial charge on any atom is -0.386 e. The summed E-state index contributed by atoms with van der Waals surface area (Å²) in [6, 6.07) is 6.39.